The smallest absolute Gasteiger partial charge is 0.175 e. The van der Waals surface area contributed by atoms with Crippen LogP contribution in [0.3, 0.4) is 0 Å². The van der Waals surface area contributed by atoms with E-state index in [2.05, 4.69) is 45.8 Å². The van der Waals surface area contributed by atoms with E-state index in [1.807, 2.05) is 12.1 Å². The van der Waals surface area contributed by atoms with Crippen molar-refractivity contribution < 1.29 is 9.15 Å². The molecule has 4 aromatic rings. The van der Waals surface area contributed by atoms with Gasteiger partial charge in [-0.25, -0.2) is 15.0 Å². The van der Waals surface area contributed by atoms with Crippen LogP contribution in [-0.4, -0.2) is 38.7 Å². The van der Waals surface area contributed by atoms with Gasteiger partial charge in [-0.3, -0.25) is 0 Å². The van der Waals surface area contributed by atoms with Crippen LogP contribution in [0.25, 0.3) is 22.5 Å². The molecule has 5 rings (SSSR count). The maximum atomic E-state index is 6.14. The molecular weight excluding hydrogens is 436 g/mol. The van der Waals surface area contributed by atoms with E-state index in [4.69, 9.17) is 19.9 Å². The van der Waals surface area contributed by atoms with Crippen molar-refractivity contribution in [2.75, 3.05) is 18.9 Å². The van der Waals surface area contributed by atoms with E-state index >= 15 is 0 Å². The van der Waals surface area contributed by atoms with E-state index < -0.39 is 0 Å². The first-order valence-electron chi connectivity index (χ1n) is 11.3. The molecule has 33 heavy (non-hydrogen) atoms. The molecule has 3 N–H and O–H groups in total. The zero-order valence-corrected chi connectivity index (χ0v) is 19.7. The Labute approximate surface area is 197 Å². The van der Waals surface area contributed by atoms with Crippen molar-refractivity contribution >= 4 is 28.7 Å². The molecule has 0 unspecified atom stereocenters. The molecule has 1 aliphatic rings. The Morgan fingerprint density at radius 1 is 1.27 bits per heavy atom. The predicted octanol–water partition coefficient (Wildman–Crippen LogP) is 4.53. The predicted molar refractivity (Wildman–Crippen MR) is 130 cm³/mol. The molecule has 9 heteroatoms. The third-order valence-electron chi connectivity index (χ3n) is 5.63. The minimum absolute atomic E-state index is 0.390. The monoisotopic (exact) mass is 464 g/mol. The van der Waals surface area contributed by atoms with E-state index in [1.165, 1.54) is 11.9 Å². The van der Waals surface area contributed by atoms with Crippen molar-refractivity contribution in [3.63, 3.8) is 0 Å². The van der Waals surface area contributed by atoms with Gasteiger partial charge in [-0.2, -0.15) is 0 Å². The summed E-state index contributed by atoms with van der Waals surface area (Å²) in [6.07, 6.45) is 6.17. The highest BCUT2D eigenvalue weighted by Crippen LogP contribution is 2.42. The Morgan fingerprint density at radius 2 is 2.18 bits per heavy atom. The molecule has 0 atom stereocenters. The molecule has 1 aromatic carbocycles. The molecule has 0 amide bonds. The normalized spacial score (nSPS) is 13.4. The first-order valence-corrected chi connectivity index (χ1v) is 12.1. The molecule has 4 heterocycles. The number of nitrogens with two attached hydrogens (primary N) is 1. The van der Waals surface area contributed by atoms with Gasteiger partial charge in [-0.05, 0) is 55.6 Å². The maximum absolute atomic E-state index is 6.14. The number of anilines is 1. The first kappa shape index (κ1) is 21.8. The van der Waals surface area contributed by atoms with Crippen LogP contribution >= 0.6 is 11.8 Å². The summed E-state index contributed by atoms with van der Waals surface area (Å²) in [4.78, 5) is 14.5. The summed E-state index contributed by atoms with van der Waals surface area (Å²) in [5.74, 6) is 2.15. The lowest BCUT2D eigenvalue weighted by molar-refractivity contribution is 0.287. The van der Waals surface area contributed by atoms with Crippen molar-refractivity contribution in [1.29, 1.82) is 0 Å². The SMILES string of the molecule is CC(C)NCCCn1c(Sc2cc3c(cc2-c2ccco2)CCCO3)nc2c(N)ncnc21. The number of furan rings is 1. The lowest BCUT2D eigenvalue weighted by Crippen LogP contribution is -2.24. The number of benzene rings is 1. The molecular formula is C24H28N6O2S. The fourth-order valence-electron chi connectivity index (χ4n) is 4.03. The summed E-state index contributed by atoms with van der Waals surface area (Å²) >= 11 is 1.58. The molecule has 0 spiro atoms. The lowest BCUT2D eigenvalue weighted by atomic mass is 10.0. The summed E-state index contributed by atoms with van der Waals surface area (Å²) in [7, 11) is 0. The van der Waals surface area contributed by atoms with Gasteiger partial charge in [0.2, 0.25) is 0 Å². The van der Waals surface area contributed by atoms with E-state index in [1.54, 1.807) is 18.0 Å². The zero-order valence-electron chi connectivity index (χ0n) is 18.9. The topological polar surface area (TPSA) is 104 Å². The highest BCUT2D eigenvalue weighted by molar-refractivity contribution is 7.99. The Kier molecular flexibility index (Phi) is 6.24. The minimum atomic E-state index is 0.390. The number of nitrogens with zero attached hydrogens (tertiary/aromatic N) is 4. The number of rotatable bonds is 8. The van der Waals surface area contributed by atoms with Gasteiger partial charge in [-0.15, -0.1) is 0 Å². The van der Waals surface area contributed by atoms with Crippen LogP contribution in [-0.2, 0) is 13.0 Å². The van der Waals surface area contributed by atoms with Crippen LogP contribution < -0.4 is 15.8 Å². The number of hydrogen-bond donors (Lipinski definition) is 2. The number of aromatic nitrogens is 4. The number of imidazole rings is 1. The van der Waals surface area contributed by atoms with Gasteiger partial charge in [0.15, 0.2) is 22.1 Å². The molecule has 0 radical (unpaired) electrons. The molecule has 0 saturated carbocycles. The summed E-state index contributed by atoms with van der Waals surface area (Å²) in [5.41, 5.74) is 9.77. The average molecular weight is 465 g/mol. The summed E-state index contributed by atoms with van der Waals surface area (Å²) in [6.45, 7) is 6.72. The van der Waals surface area contributed by atoms with Crippen molar-refractivity contribution in [1.82, 2.24) is 24.8 Å². The highest BCUT2D eigenvalue weighted by Gasteiger charge is 2.21. The van der Waals surface area contributed by atoms with Crippen LogP contribution in [0.2, 0.25) is 0 Å². The van der Waals surface area contributed by atoms with Gasteiger partial charge in [-0.1, -0.05) is 25.6 Å². The van der Waals surface area contributed by atoms with Crippen molar-refractivity contribution in [2.45, 2.75) is 55.7 Å². The fourth-order valence-corrected chi connectivity index (χ4v) is 5.09. The molecule has 0 aliphatic carbocycles. The molecule has 0 bridgehead atoms. The van der Waals surface area contributed by atoms with E-state index in [-0.39, 0.29) is 0 Å². The molecule has 0 fully saturated rings. The van der Waals surface area contributed by atoms with Crippen molar-refractivity contribution in [3.8, 4) is 17.1 Å². The molecule has 8 nitrogen and oxygen atoms in total. The van der Waals surface area contributed by atoms with Crippen LogP contribution in [0.15, 0.2) is 51.3 Å². The van der Waals surface area contributed by atoms with E-state index in [0.717, 1.165) is 71.7 Å². The zero-order chi connectivity index (χ0) is 22.8. The maximum Gasteiger partial charge on any atom is 0.175 e. The second kappa shape index (κ2) is 9.44. The first-order chi connectivity index (χ1) is 16.1. The Bertz CT molecular complexity index is 1250. The number of nitrogen functional groups attached to an aromatic ring is 1. The standard InChI is InChI=1S/C24H28N6O2S/c1-15(2)26-8-5-9-30-23-21(22(25)27-14-28-23)29-24(30)33-20-13-19-16(6-3-10-32-19)12-17(20)18-7-4-11-31-18/h4,7,11-15,26H,3,5-6,8-10H2,1-2H3,(H2,25,27,28). The Balaban J connectivity index is 1.55. The van der Waals surface area contributed by atoms with Gasteiger partial charge in [0, 0.05) is 23.0 Å². The van der Waals surface area contributed by atoms with Gasteiger partial charge in [0.1, 0.15) is 17.8 Å². The second-order valence-corrected chi connectivity index (χ2v) is 9.44. The van der Waals surface area contributed by atoms with Crippen molar-refractivity contribution in [3.05, 3.63) is 42.4 Å². The van der Waals surface area contributed by atoms with Crippen molar-refractivity contribution in [2.24, 2.45) is 0 Å². The number of fused-ring (bicyclic) bond motifs is 2. The lowest BCUT2D eigenvalue weighted by Gasteiger charge is -2.20. The largest absolute Gasteiger partial charge is 0.493 e. The third-order valence-corrected chi connectivity index (χ3v) is 6.69. The van der Waals surface area contributed by atoms with Crippen LogP contribution in [0.4, 0.5) is 5.82 Å². The summed E-state index contributed by atoms with van der Waals surface area (Å²) < 4.78 is 13.9. The fraction of sp³-hybridized carbons (Fsp3) is 0.375. The minimum Gasteiger partial charge on any atom is -0.493 e. The van der Waals surface area contributed by atoms with E-state index in [0.29, 0.717) is 17.4 Å². The van der Waals surface area contributed by atoms with Gasteiger partial charge in [0.25, 0.3) is 0 Å². The third kappa shape index (κ3) is 4.56. The Hall–Kier alpha value is -3.04. The number of aryl methyl sites for hydroxylation is 2. The van der Waals surface area contributed by atoms with Crippen LogP contribution in [0, 0.1) is 0 Å². The molecule has 1 aliphatic heterocycles. The summed E-state index contributed by atoms with van der Waals surface area (Å²) in [6, 6.07) is 8.63. The molecule has 3 aromatic heterocycles. The van der Waals surface area contributed by atoms with E-state index in [9.17, 15) is 0 Å². The molecule has 0 saturated heterocycles. The Morgan fingerprint density at radius 3 is 3.00 bits per heavy atom. The van der Waals surface area contributed by atoms with Gasteiger partial charge >= 0.3 is 0 Å². The second-order valence-electron chi connectivity index (χ2n) is 8.43. The number of hydrogen-bond acceptors (Lipinski definition) is 8. The van der Waals surface area contributed by atoms with Gasteiger partial charge < -0.3 is 24.8 Å². The number of ether oxygens (including phenoxy) is 1. The van der Waals surface area contributed by atoms with Gasteiger partial charge in [0.05, 0.1) is 12.9 Å². The summed E-state index contributed by atoms with van der Waals surface area (Å²) in [5, 5.41) is 4.30. The van der Waals surface area contributed by atoms with Crippen LogP contribution in [0.5, 0.6) is 5.75 Å². The highest BCUT2D eigenvalue weighted by atomic mass is 32.2. The number of nitrogens with one attached hydrogen (secondary N) is 1. The quantitative estimate of drug-likeness (QED) is 0.367. The average Bonchev–Trinajstić information content (AvgIpc) is 3.45. The van der Waals surface area contributed by atoms with Crippen LogP contribution in [0.1, 0.15) is 32.3 Å². The molecule has 172 valence electrons.